The molecule has 2 atom stereocenters. The molecule has 0 amide bonds. The average Bonchev–Trinajstić information content (AvgIpc) is 3.27. The van der Waals surface area contributed by atoms with Gasteiger partial charge in [-0.25, -0.2) is 0 Å². The molecule has 0 spiro atoms. The Bertz CT molecular complexity index is 434. The number of rotatable bonds is 7. The first-order chi connectivity index (χ1) is 9.19. The minimum atomic E-state index is -0.517. The number of nitrogens with zero attached hydrogens (tertiary/aromatic N) is 1. The summed E-state index contributed by atoms with van der Waals surface area (Å²) in [5.74, 6) is 1.46. The number of benzene rings is 1. The highest BCUT2D eigenvalue weighted by atomic mass is 16.5. The van der Waals surface area contributed by atoms with Gasteiger partial charge >= 0.3 is 0 Å². The topological polar surface area (TPSA) is 65.3 Å². The monoisotopic (exact) mass is 260 g/mol. The average molecular weight is 260 g/mol. The lowest BCUT2D eigenvalue weighted by Crippen LogP contribution is -2.37. The van der Waals surface area contributed by atoms with Gasteiger partial charge in [-0.15, -0.1) is 0 Å². The largest absolute Gasteiger partial charge is 0.491 e. The van der Waals surface area contributed by atoms with Gasteiger partial charge in [-0.05, 0) is 49.9 Å². The predicted octanol–water partition coefficient (Wildman–Crippen LogP) is 1.69. The first kappa shape index (κ1) is 13.9. The molecule has 1 saturated carbocycles. The lowest BCUT2D eigenvalue weighted by Gasteiger charge is -2.17. The quantitative estimate of drug-likeness (QED) is 0.783. The van der Waals surface area contributed by atoms with E-state index in [1.165, 1.54) is 12.8 Å². The molecule has 1 aliphatic carbocycles. The zero-order valence-electron chi connectivity index (χ0n) is 11.2. The third kappa shape index (κ3) is 4.55. The van der Waals surface area contributed by atoms with Crippen molar-refractivity contribution in [1.29, 1.82) is 5.26 Å². The van der Waals surface area contributed by atoms with E-state index in [0.29, 0.717) is 23.9 Å². The van der Waals surface area contributed by atoms with Crippen molar-refractivity contribution in [3.8, 4) is 11.8 Å². The number of aliphatic hydroxyl groups excluding tert-OH is 1. The van der Waals surface area contributed by atoms with Gasteiger partial charge in [0.2, 0.25) is 0 Å². The van der Waals surface area contributed by atoms with Gasteiger partial charge < -0.3 is 15.2 Å². The molecule has 1 fully saturated rings. The smallest absolute Gasteiger partial charge is 0.119 e. The third-order valence-corrected chi connectivity index (χ3v) is 3.43. The summed E-state index contributed by atoms with van der Waals surface area (Å²) in [4.78, 5) is 0. The molecule has 0 aliphatic heterocycles. The summed E-state index contributed by atoms with van der Waals surface area (Å²) >= 11 is 0. The van der Waals surface area contributed by atoms with Gasteiger partial charge in [0.05, 0.1) is 11.6 Å². The van der Waals surface area contributed by atoms with Crippen LogP contribution in [0.5, 0.6) is 5.75 Å². The highest BCUT2D eigenvalue weighted by Crippen LogP contribution is 2.32. The maximum Gasteiger partial charge on any atom is 0.119 e. The Morgan fingerprint density at radius 2 is 2.11 bits per heavy atom. The van der Waals surface area contributed by atoms with Crippen molar-refractivity contribution in [2.75, 3.05) is 13.2 Å². The lowest BCUT2D eigenvalue weighted by atomic mass is 10.2. The molecule has 0 bridgehead atoms. The molecule has 0 saturated heterocycles. The van der Waals surface area contributed by atoms with Crippen molar-refractivity contribution in [3.05, 3.63) is 29.8 Å². The first-order valence-electron chi connectivity index (χ1n) is 6.73. The second kappa shape index (κ2) is 6.55. The Morgan fingerprint density at radius 3 is 2.68 bits per heavy atom. The Labute approximate surface area is 114 Å². The van der Waals surface area contributed by atoms with E-state index in [9.17, 15) is 5.11 Å². The van der Waals surface area contributed by atoms with Crippen LogP contribution in [0.1, 0.15) is 25.3 Å². The van der Waals surface area contributed by atoms with Gasteiger partial charge in [-0.2, -0.15) is 5.26 Å². The fourth-order valence-corrected chi connectivity index (χ4v) is 1.96. The van der Waals surface area contributed by atoms with Crippen molar-refractivity contribution in [2.24, 2.45) is 5.92 Å². The van der Waals surface area contributed by atoms with Gasteiger partial charge in [0.1, 0.15) is 18.5 Å². The van der Waals surface area contributed by atoms with Crippen molar-refractivity contribution in [3.63, 3.8) is 0 Å². The number of nitriles is 1. The third-order valence-electron chi connectivity index (χ3n) is 3.43. The molecule has 0 heterocycles. The number of hydrogen-bond donors (Lipinski definition) is 2. The first-order valence-corrected chi connectivity index (χ1v) is 6.73. The van der Waals surface area contributed by atoms with Crippen LogP contribution in [0.15, 0.2) is 24.3 Å². The standard InChI is InChI=1S/C15H20N2O2/c1-11(13-4-5-13)17-9-14(18)10-19-15-6-2-12(8-16)3-7-15/h2-3,6-7,11,13-14,17-18H,4-5,9-10H2,1H3. The normalized spacial score (nSPS) is 17.5. The highest BCUT2D eigenvalue weighted by Gasteiger charge is 2.27. The van der Waals surface area contributed by atoms with Gasteiger partial charge in [0.15, 0.2) is 0 Å². The Balaban J connectivity index is 1.67. The molecule has 0 aromatic heterocycles. The summed E-state index contributed by atoms with van der Waals surface area (Å²) in [7, 11) is 0. The van der Waals surface area contributed by atoms with Crippen LogP contribution in [0.2, 0.25) is 0 Å². The minimum Gasteiger partial charge on any atom is -0.491 e. The lowest BCUT2D eigenvalue weighted by molar-refractivity contribution is 0.103. The van der Waals surface area contributed by atoms with Crippen LogP contribution in [0.4, 0.5) is 0 Å². The van der Waals surface area contributed by atoms with Gasteiger partial charge in [0.25, 0.3) is 0 Å². The number of hydrogen-bond acceptors (Lipinski definition) is 4. The van der Waals surface area contributed by atoms with E-state index < -0.39 is 6.10 Å². The summed E-state index contributed by atoms with van der Waals surface area (Å²) in [5, 5.41) is 21.8. The second-order valence-electron chi connectivity index (χ2n) is 5.14. The maximum atomic E-state index is 9.82. The van der Waals surface area contributed by atoms with Gasteiger partial charge in [0, 0.05) is 12.6 Å². The zero-order chi connectivity index (χ0) is 13.7. The van der Waals surface area contributed by atoms with Crippen molar-refractivity contribution < 1.29 is 9.84 Å². The number of nitrogens with one attached hydrogen (secondary N) is 1. The van der Waals surface area contributed by atoms with E-state index in [2.05, 4.69) is 18.3 Å². The molecule has 0 radical (unpaired) electrons. The van der Waals surface area contributed by atoms with E-state index in [4.69, 9.17) is 10.00 Å². The highest BCUT2D eigenvalue weighted by molar-refractivity contribution is 5.34. The molecular weight excluding hydrogens is 240 g/mol. The van der Waals surface area contributed by atoms with Crippen LogP contribution in [0, 0.1) is 17.2 Å². The van der Waals surface area contributed by atoms with Crippen LogP contribution in [-0.4, -0.2) is 30.4 Å². The summed E-state index contributed by atoms with van der Waals surface area (Å²) < 4.78 is 5.48. The summed E-state index contributed by atoms with van der Waals surface area (Å²) in [5.41, 5.74) is 0.604. The van der Waals surface area contributed by atoms with E-state index in [1.807, 2.05) is 0 Å². The maximum absolute atomic E-state index is 9.82. The van der Waals surface area contributed by atoms with Crippen molar-refractivity contribution >= 4 is 0 Å². The molecule has 1 aromatic carbocycles. The Hall–Kier alpha value is -1.57. The van der Waals surface area contributed by atoms with Crippen LogP contribution in [0.25, 0.3) is 0 Å². The molecular formula is C15H20N2O2. The van der Waals surface area contributed by atoms with Crippen LogP contribution in [-0.2, 0) is 0 Å². The molecule has 2 N–H and O–H groups in total. The predicted molar refractivity (Wildman–Crippen MR) is 72.8 cm³/mol. The minimum absolute atomic E-state index is 0.260. The van der Waals surface area contributed by atoms with E-state index >= 15 is 0 Å². The molecule has 102 valence electrons. The fraction of sp³-hybridized carbons (Fsp3) is 0.533. The second-order valence-corrected chi connectivity index (χ2v) is 5.14. The summed E-state index contributed by atoms with van der Waals surface area (Å²) in [6, 6.07) is 9.42. The van der Waals surface area contributed by atoms with E-state index in [1.54, 1.807) is 24.3 Å². The van der Waals surface area contributed by atoms with Gasteiger partial charge in [-0.3, -0.25) is 0 Å². The van der Waals surface area contributed by atoms with Crippen LogP contribution < -0.4 is 10.1 Å². The van der Waals surface area contributed by atoms with Crippen LogP contribution in [0.3, 0.4) is 0 Å². The molecule has 19 heavy (non-hydrogen) atoms. The van der Waals surface area contributed by atoms with E-state index in [0.717, 1.165) is 5.92 Å². The molecule has 4 nitrogen and oxygen atoms in total. The SMILES string of the molecule is CC(NCC(O)COc1ccc(C#N)cc1)C1CC1. The van der Waals surface area contributed by atoms with Crippen molar-refractivity contribution in [2.45, 2.75) is 31.9 Å². The molecule has 1 aromatic rings. The Morgan fingerprint density at radius 1 is 1.42 bits per heavy atom. The molecule has 2 unspecified atom stereocenters. The number of ether oxygens (including phenoxy) is 1. The molecule has 1 aliphatic rings. The fourth-order valence-electron chi connectivity index (χ4n) is 1.96. The Kier molecular flexibility index (Phi) is 4.78. The van der Waals surface area contributed by atoms with Crippen molar-refractivity contribution in [1.82, 2.24) is 5.32 Å². The zero-order valence-corrected chi connectivity index (χ0v) is 11.2. The number of aliphatic hydroxyl groups is 1. The molecule has 4 heteroatoms. The summed E-state index contributed by atoms with van der Waals surface area (Å²) in [6.07, 6.45) is 2.08. The molecule has 2 rings (SSSR count). The van der Waals surface area contributed by atoms with Gasteiger partial charge in [-0.1, -0.05) is 0 Å². The van der Waals surface area contributed by atoms with E-state index in [-0.39, 0.29) is 6.61 Å². The summed E-state index contributed by atoms with van der Waals surface area (Å²) in [6.45, 7) is 2.97. The van der Waals surface area contributed by atoms with Crippen LogP contribution >= 0.6 is 0 Å².